The summed E-state index contributed by atoms with van der Waals surface area (Å²) in [6.45, 7) is 2.71. The summed E-state index contributed by atoms with van der Waals surface area (Å²) in [6, 6.07) is 5.59. The molecule has 3 N–H and O–H groups in total. The molecule has 21 heavy (non-hydrogen) atoms. The number of primary amides is 1. The van der Waals surface area contributed by atoms with E-state index in [9.17, 15) is 9.18 Å². The van der Waals surface area contributed by atoms with Crippen molar-refractivity contribution in [3.63, 3.8) is 0 Å². The van der Waals surface area contributed by atoms with Gasteiger partial charge in [-0.2, -0.15) is 0 Å². The first-order chi connectivity index (χ1) is 10.1. The molecule has 0 bridgehead atoms. The molecule has 4 nitrogen and oxygen atoms in total. The van der Waals surface area contributed by atoms with E-state index < -0.39 is 5.91 Å². The minimum atomic E-state index is -0.588. The molecule has 2 atom stereocenters. The van der Waals surface area contributed by atoms with Crippen LogP contribution in [0, 0.1) is 5.82 Å². The van der Waals surface area contributed by atoms with E-state index >= 15 is 0 Å². The van der Waals surface area contributed by atoms with Crippen LogP contribution >= 0.6 is 0 Å². The SMILES string of the molecule is NC(=O)c1ccc(CN2CCCC2C2CCCN2)c(F)c1. The standard InChI is InChI=1S/C16H22FN3O/c17-13-9-11(16(18)21)5-6-12(13)10-20-8-2-4-15(20)14-3-1-7-19-14/h5-6,9,14-15,19H,1-4,7-8,10H2,(H2,18,21). The normalized spacial score (nSPS) is 26.3. The van der Waals surface area contributed by atoms with Crippen LogP contribution in [0.25, 0.3) is 0 Å². The number of hydrogen-bond donors (Lipinski definition) is 2. The van der Waals surface area contributed by atoms with Crippen molar-refractivity contribution in [2.75, 3.05) is 13.1 Å². The number of benzene rings is 1. The van der Waals surface area contributed by atoms with E-state index in [4.69, 9.17) is 5.73 Å². The van der Waals surface area contributed by atoms with Crippen LogP contribution in [0.2, 0.25) is 0 Å². The van der Waals surface area contributed by atoms with E-state index in [0.29, 0.717) is 24.2 Å². The average molecular weight is 291 g/mol. The molecule has 0 radical (unpaired) electrons. The predicted molar refractivity (Wildman–Crippen MR) is 79.4 cm³/mol. The summed E-state index contributed by atoms with van der Waals surface area (Å²) in [4.78, 5) is 13.4. The van der Waals surface area contributed by atoms with Crippen molar-refractivity contribution in [1.82, 2.24) is 10.2 Å². The molecule has 0 aromatic heterocycles. The highest BCUT2D eigenvalue weighted by atomic mass is 19.1. The van der Waals surface area contributed by atoms with Gasteiger partial charge in [0.15, 0.2) is 0 Å². The van der Waals surface area contributed by atoms with Crippen molar-refractivity contribution in [3.8, 4) is 0 Å². The summed E-state index contributed by atoms with van der Waals surface area (Å²) in [5.41, 5.74) is 6.05. The lowest BCUT2D eigenvalue weighted by atomic mass is 10.0. The first-order valence-electron chi connectivity index (χ1n) is 7.71. The number of amides is 1. The molecule has 2 saturated heterocycles. The zero-order chi connectivity index (χ0) is 14.8. The summed E-state index contributed by atoms with van der Waals surface area (Å²) in [6.07, 6.45) is 4.80. The van der Waals surface area contributed by atoms with Gasteiger partial charge in [-0.05, 0) is 50.9 Å². The van der Waals surface area contributed by atoms with E-state index in [1.54, 1.807) is 12.1 Å². The van der Waals surface area contributed by atoms with Crippen LogP contribution in [0.4, 0.5) is 4.39 Å². The Morgan fingerprint density at radius 1 is 1.38 bits per heavy atom. The number of halogens is 1. The molecule has 0 saturated carbocycles. The van der Waals surface area contributed by atoms with Gasteiger partial charge in [0, 0.05) is 29.8 Å². The van der Waals surface area contributed by atoms with Crippen molar-refractivity contribution in [2.45, 2.75) is 44.3 Å². The van der Waals surface area contributed by atoms with E-state index in [0.717, 1.165) is 13.1 Å². The maximum atomic E-state index is 14.1. The Kier molecular flexibility index (Phi) is 4.22. The first-order valence-corrected chi connectivity index (χ1v) is 7.71. The lowest BCUT2D eigenvalue weighted by Gasteiger charge is -2.29. The molecule has 5 heteroatoms. The molecule has 1 amide bonds. The Labute approximate surface area is 124 Å². The second-order valence-electron chi connectivity index (χ2n) is 6.05. The highest BCUT2D eigenvalue weighted by molar-refractivity contribution is 5.92. The molecule has 2 fully saturated rings. The van der Waals surface area contributed by atoms with Gasteiger partial charge >= 0.3 is 0 Å². The molecule has 0 spiro atoms. The highest BCUT2D eigenvalue weighted by Gasteiger charge is 2.33. The topological polar surface area (TPSA) is 58.4 Å². The molecule has 114 valence electrons. The van der Waals surface area contributed by atoms with E-state index in [1.807, 2.05) is 0 Å². The van der Waals surface area contributed by atoms with Crippen LogP contribution in [-0.2, 0) is 6.54 Å². The summed E-state index contributed by atoms with van der Waals surface area (Å²) in [7, 11) is 0. The molecular formula is C16H22FN3O. The molecule has 2 unspecified atom stereocenters. The van der Waals surface area contributed by atoms with Crippen LogP contribution < -0.4 is 11.1 Å². The number of nitrogens with one attached hydrogen (secondary N) is 1. The Hall–Kier alpha value is -1.46. The maximum absolute atomic E-state index is 14.1. The van der Waals surface area contributed by atoms with Crippen LogP contribution in [0.1, 0.15) is 41.6 Å². The van der Waals surface area contributed by atoms with Crippen molar-refractivity contribution < 1.29 is 9.18 Å². The lowest BCUT2D eigenvalue weighted by Crippen LogP contribution is -2.43. The summed E-state index contributed by atoms with van der Waals surface area (Å²) >= 11 is 0. The molecule has 2 aliphatic rings. The fraction of sp³-hybridized carbons (Fsp3) is 0.562. The van der Waals surface area contributed by atoms with Gasteiger partial charge in [0.05, 0.1) is 0 Å². The lowest BCUT2D eigenvalue weighted by molar-refractivity contribution is 0.1000. The van der Waals surface area contributed by atoms with E-state index in [2.05, 4.69) is 10.2 Å². The van der Waals surface area contributed by atoms with Gasteiger partial charge < -0.3 is 11.1 Å². The van der Waals surface area contributed by atoms with Crippen molar-refractivity contribution in [3.05, 3.63) is 35.1 Å². The van der Waals surface area contributed by atoms with Crippen LogP contribution in [0.3, 0.4) is 0 Å². The first kappa shape index (κ1) is 14.5. The van der Waals surface area contributed by atoms with E-state index in [1.165, 1.54) is 31.7 Å². The summed E-state index contributed by atoms with van der Waals surface area (Å²) in [5, 5.41) is 3.56. The third-order valence-electron chi connectivity index (χ3n) is 4.69. The van der Waals surface area contributed by atoms with Gasteiger partial charge in [-0.25, -0.2) is 4.39 Å². The number of carbonyl (C=O) groups is 1. The van der Waals surface area contributed by atoms with Gasteiger partial charge in [-0.1, -0.05) is 6.07 Å². The second-order valence-corrected chi connectivity index (χ2v) is 6.05. The van der Waals surface area contributed by atoms with Crippen LogP contribution in [-0.4, -0.2) is 36.0 Å². The summed E-state index contributed by atoms with van der Waals surface area (Å²) in [5.74, 6) is -0.925. The molecule has 2 heterocycles. The Morgan fingerprint density at radius 2 is 2.24 bits per heavy atom. The van der Waals surface area contributed by atoms with Crippen molar-refractivity contribution >= 4 is 5.91 Å². The average Bonchev–Trinajstić information content (AvgIpc) is 3.11. The van der Waals surface area contributed by atoms with Gasteiger partial charge in [-0.3, -0.25) is 9.69 Å². The fourth-order valence-electron chi connectivity index (χ4n) is 3.59. The fourth-order valence-corrected chi connectivity index (χ4v) is 3.59. The number of nitrogens with two attached hydrogens (primary N) is 1. The quantitative estimate of drug-likeness (QED) is 0.886. The molecular weight excluding hydrogens is 269 g/mol. The number of carbonyl (C=O) groups excluding carboxylic acids is 1. The number of likely N-dealkylation sites (tertiary alicyclic amines) is 1. The predicted octanol–water partition coefficient (Wildman–Crippen LogP) is 1.64. The van der Waals surface area contributed by atoms with Crippen molar-refractivity contribution in [1.29, 1.82) is 0 Å². The van der Waals surface area contributed by atoms with Crippen LogP contribution in [0.5, 0.6) is 0 Å². The Bertz CT molecular complexity index is 528. The minimum absolute atomic E-state index is 0.228. The molecule has 1 aromatic rings. The smallest absolute Gasteiger partial charge is 0.248 e. The minimum Gasteiger partial charge on any atom is -0.366 e. The third-order valence-corrected chi connectivity index (χ3v) is 4.69. The molecule has 0 aliphatic carbocycles. The zero-order valence-corrected chi connectivity index (χ0v) is 12.1. The number of hydrogen-bond acceptors (Lipinski definition) is 3. The molecule has 1 aromatic carbocycles. The zero-order valence-electron chi connectivity index (χ0n) is 12.1. The van der Waals surface area contributed by atoms with E-state index in [-0.39, 0.29) is 11.4 Å². The molecule has 3 rings (SSSR count). The van der Waals surface area contributed by atoms with Gasteiger partial charge in [0.1, 0.15) is 5.82 Å². The summed E-state index contributed by atoms with van der Waals surface area (Å²) < 4.78 is 14.1. The van der Waals surface area contributed by atoms with Crippen LogP contribution in [0.15, 0.2) is 18.2 Å². The van der Waals surface area contributed by atoms with Crippen molar-refractivity contribution in [2.24, 2.45) is 5.73 Å². The second kappa shape index (κ2) is 6.12. The monoisotopic (exact) mass is 291 g/mol. The number of rotatable bonds is 4. The van der Waals surface area contributed by atoms with Gasteiger partial charge in [0.25, 0.3) is 0 Å². The largest absolute Gasteiger partial charge is 0.366 e. The van der Waals surface area contributed by atoms with Gasteiger partial charge in [0.2, 0.25) is 5.91 Å². The maximum Gasteiger partial charge on any atom is 0.248 e. The molecule has 2 aliphatic heterocycles. The highest BCUT2D eigenvalue weighted by Crippen LogP contribution is 2.27. The third kappa shape index (κ3) is 3.09. The Balaban J connectivity index is 1.71. The Morgan fingerprint density at radius 3 is 2.90 bits per heavy atom. The number of nitrogens with zero attached hydrogens (tertiary/aromatic N) is 1. The van der Waals surface area contributed by atoms with Gasteiger partial charge in [-0.15, -0.1) is 0 Å².